The molecule has 0 fully saturated rings. The maximum atomic E-state index is 11.6. The summed E-state index contributed by atoms with van der Waals surface area (Å²) in [6, 6.07) is 12.6. The Morgan fingerprint density at radius 3 is 2.64 bits per heavy atom. The number of amides is 2. The molecule has 0 unspecified atom stereocenters. The first-order valence-corrected chi connectivity index (χ1v) is 9.08. The molecule has 0 bridgehead atoms. The van der Waals surface area contributed by atoms with Gasteiger partial charge in [-0.2, -0.15) is 5.10 Å². The maximum Gasteiger partial charge on any atom is 0.329 e. The quantitative estimate of drug-likeness (QED) is 0.403. The lowest BCUT2D eigenvalue weighted by molar-refractivity contribution is -0.139. The Hall–Kier alpha value is -3.06. The van der Waals surface area contributed by atoms with E-state index in [4.69, 9.17) is 21.1 Å². The number of nitrogens with one attached hydrogen (secondary N) is 2. The molecule has 2 aromatic carbocycles. The summed E-state index contributed by atoms with van der Waals surface area (Å²) in [4.78, 5) is 23.0. The minimum absolute atomic E-state index is 0.298. The van der Waals surface area contributed by atoms with Gasteiger partial charge < -0.3 is 14.8 Å². The number of carbonyl (C=O) groups excluding carboxylic acids is 2. The molecule has 0 atom stereocenters. The second-order valence-corrected chi connectivity index (χ2v) is 6.15. The molecule has 0 spiro atoms. The largest absolute Gasteiger partial charge is 0.493 e. The average Bonchev–Trinajstić information content (AvgIpc) is 2.71. The first-order valence-electron chi connectivity index (χ1n) is 8.70. The van der Waals surface area contributed by atoms with Crippen molar-refractivity contribution in [1.82, 2.24) is 10.7 Å². The highest BCUT2D eigenvalue weighted by Gasteiger charge is 2.11. The number of benzene rings is 2. The van der Waals surface area contributed by atoms with Crippen LogP contribution in [-0.2, 0) is 16.2 Å². The van der Waals surface area contributed by atoms with Crippen molar-refractivity contribution >= 4 is 29.6 Å². The highest BCUT2D eigenvalue weighted by Crippen LogP contribution is 2.29. The number of halogens is 1. The molecular weight excluding hydrogens is 382 g/mol. The summed E-state index contributed by atoms with van der Waals surface area (Å²) in [6.07, 6.45) is 2.15. The Bertz CT molecular complexity index is 855. The van der Waals surface area contributed by atoms with E-state index >= 15 is 0 Å². The van der Waals surface area contributed by atoms with Crippen molar-refractivity contribution in [3.8, 4) is 11.5 Å². The molecule has 0 aliphatic heterocycles. The van der Waals surface area contributed by atoms with E-state index in [1.165, 1.54) is 13.3 Å². The fourth-order valence-electron chi connectivity index (χ4n) is 2.19. The minimum atomic E-state index is -0.823. The van der Waals surface area contributed by atoms with Crippen LogP contribution < -0.4 is 20.2 Å². The van der Waals surface area contributed by atoms with Gasteiger partial charge >= 0.3 is 11.8 Å². The van der Waals surface area contributed by atoms with Crippen LogP contribution in [0, 0.1) is 0 Å². The molecule has 0 radical (unpaired) electrons. The van der Waals surface area contributed by atoms with E-state index in [-0.39, 0.29) is 0 Å². The van der Waals surface area contributed by atoms with Crippen LogP contribution >= 0.6 is 11.6 Å². The van der Waals surface area contributed by atoms with Crippen LogP contribution in [0.4, 0.5) is 0 Å². The van der Waals surface area contributed by atoms with Gasteiger partial charge in [-0.1, -0.05) is 36.7 Å². The Balaban J connectivity index is 1.97. The number of methoxy groups -OCH3 is 1. The molecule has 148 valence electrons. The number of carbonyl (C=O) groups is 2. The van der Waals surface area contributed by atoms with Crippen molar-refractivity contribution in [2.24, 2.45) is 5.10 Å². The third kappa shape index (κ3) is 6.28. The number of hydrazone groups is 1. The Labute approximate surface area is 168 Å². The Morgan fingerprint density at radius 1 is 1.14 bits per heavy atom. The molecule has 0 heterocycles. The van der Waals surface area contributed by atoms with Crippen LogP contribution in [0.15, 0.2) is 47.6 Å². The lowest BCUT2D eigenvalue weighted by Crippen LogP contribution is -2.38. The van der Waals surface area contributed by atoms with Gasteiger partial charge in [-0.25, -0.2) is 5.43 Å². The lowest BCUT2D eigenvalue weighted by Gasteiger charge is -2.12. The predicted octanol–water partition coefficient (Wildman–Crippen LogP) is 2.90. The van der Waals surface area contributed by atoms with Gasteiger partial charge in [0.15, 0.2) is 11.5 Å². The second-order valence-electron chi connectivity index (χ2n) is 5.75. The van der Waals surface area contributed by atoms with Crippen LogP contribution in [0.1, 0.15) is 24.5 Å². The number of nitrogens with zero attached hydrogens (tertiary/aromatic N) is 1. The fourth-order valence-corrected chi connectivity index (χ4v) is 2.38. The zero-order chi connectivity index (χ0) is 20.4. The van der Waals surface area contributed by atoms with Crippen molar-refractivity contribution in [3.05, 3.63) is 58.6 Å². The summed E-state index contributed by atoms with van der Waals surface area (Å²) in [5, 5.41) is 6.88. The molecule has 0 aromatic heterocycles. The number of hydrogen-bond acceptors (Lipinski definition) is 5. The van der Waals surface area contributed by atoms with Crippen molar-refractivity contribution in [2.75, 3.05) is 13.7 Å². The summed E-state index contributed by atoms with van der Waals surface area (Å²) in [5.74, 6) is -0.498. The van der Waals surface area contributed by atoms with Crippen molar-refractivity contribution in [3.63, 3.8) is 0 Å². The van der Waals surface area contributed by atoms with Gasteiger partial charge in [-0.3, -0.25) is 9.59 Å². The van der Waals surface area contributed by atoms with Crippen LogP contribution in [0.25, 0.3) is 0 Å². The van der Waals surface area contributed by atoms with Crippen LogP contribution in [-0.4, -0.2) is 31.7 Å². The van der Waals surface area contributed by atoms with Crippen molar-refractivity contribution in [1.29, 1.82) is 0 Å². The molecular formula is C20H22ClN3O4. The molecule has 2 aromatic rings. The molecule has 2 amide bonds. The summed E-state index contributed by atoms with van der Waals surface area (Å²) < 4.78 is 11.1. The Morgan fingerprint density at radius 2 is 1.93 bits per heavy atom. The summed E-state index contributed by atoms with van der Waals surface area (Å²) in [7, 11) is 1.53. The molecule has 0 saturated carbocycles. The van der Waals surface area contributed by atoms with Gasteiger partial charge in [-0.15, -0.1) is 0 Å². The van der Waals surface area contributed by atoms with Crippen LogP contribution in [0.2, 0.25) is 5.02 Å². The van der Waals surface area contributed by atoms with E-state index in [1.807, 2.05) is 25.1 Å². The first-order chi connectivity index (χ1) is 13.5. The van der Waals surface area contributed by atoms with E-state index in [0.717, 1.165) is 12.0 Å². The summed E-state index contributed by atoms with van der Waals surface area (Å²) in [6.45, 7) is 2.63. The number of rotatable bonds is 8. The van der Waals surface area contributed by atoms with Gasteiger partial charge in [0.05, 0.1) is 13.3 Å². The normalized spacial score (nSPS) is 10.5. The van der Waals surface area contributed by atoms with Crippen LogP contribution in [0.3, 0.4) is 0 Å². The molecule has 8 heteroatoms. The average molecular weight is 404 g/mol. The third-order valence-corrected chi connectivity index (χ3v) is 4.02. The summed E-state index contributed by atoms with van der Waals surface area (Å²) >= 11 is 6.13. The van der Waals surface area contributed by atoms with Gasteiger partial charge in [-0.05, 0) is 36.2 Å². The predicted molar refractivity (Wildman–Crippen MR) is 108 cm³/mol. The van der Waals surface area contributed by atoms with Crippen LogP contribution in [0.5, 0.6) is 11.5 Å². The number of hydrogen-bond donors (Lipinski definition) is 2. The van der Waals surface area contributed by atoms with E-state index in [1.54, 1.807) is 24.3 Å². The van der Waals surface area contributed by atoms with Crippen molar-refractivity contribution < 1.29 is 19.1 Å². The van der Waals surface area contributed by atoms with Gasteiger partial charge in [0.2, 0.25) is 0 Å². The zero-order valence-electron chi connectivity index (χ0n) is 15.7. The molecule has 2 N–H and O–H groups in total. The van der Waals surface area contributed by atoms with Gasteiger partial charge in [0.25, 0.3) is 0 Å². The molecule has 28 heavy (non-hydrogen) atoms. The highest BCUT2D eigenvalue weighted by molar-refractivity contribution is 6.35. The topological polar surface area (TPSA) is 89.0 Å². The number of ether oxygens (including phenoxy) is 2. The molecule has 0 saturated heterocycles. The van der Waals surface area contributed by atoms with Gasteiger partial charge in [0, 0.05) is 17.1 Å². The monoisotopic (exact) mass is 403 g/mol. The summed E-state index contributed by atoms with van der Waals surface area (Å²) in [5.41, 5.74) is 3.70. The zero-order valence-corrected chi connectivity index (χ0v) is 16.5. The van der Waals surface area contributed by atoms with Gasteiger partial charge in [0.1, 0.15) is 6.61 Å². The molecule has 0 aliphatic rings. The van der Waals surface area contributed by atoms with E-state index < -0.39 is 11.8 Å². The first kappa shape index (κ1) is 21.2. The van der Waals surface area contributed by atoms with E-state index in [2.05, 4.69) is 15.8 Å². The molecule has 2 rings (SSSR count). The molecule has 0 aliphatic carbocycles. The van der Waals surface area contributed by atoms with Crippen molar-refractivity contribution in [2.45, 2.75) is 20.0 Å². The lowest BCUT2D eigenvalue weighted by atomic mass is 10.2. The third-order valence-electron chi connectivity index (χ3n) is 3.65. The second kappa shape index (κ2) is 10.9. The maximum absolute atomic E-state index is 11.6. The molecule has 7 nitrogen and oxygen atoms in total. The SMILES string of the molecule is CCCNC(=O)C(=O)N/N=C/c1ccc(OCc2ccccc2Cl)c(OC)c1. The Kier molecular flexibility index (Phi) is 8.30. The fraction of sp³-hybridized carbons (Fsp3) is 0.250. The van der Waals surface area contributed by atoms with E-state index in [0.29, 0.717) is 35.2 Å². The standard InChI is InChI=1S/C20H22ClN3O4/c1-3-10-22-19(25)20(26)24-23-12-14-8-9-17(18(11-14)27-2)28-13-15-6-4-5-7-16(15)21/h4-9,11-12H,3,10,13H2,1-2H3,(H,22,25)(H,24,26)/b23-12+. The van der Waals surface area contributed by atoms with E-state index in [9.17, 15) is 9.59 Å². The highest BCUT2D eigenvalue weighted by atomic mass is 35.5. The smallest absolute Gasteiger partial charge is 0.329 e. The minimum Gasteiger partial charge on any atom is -0.493 e.